The molecule has 1 unspecified atom stereocenters. The van der Waals surface area contributed by atoms with E-state index in [0.29, 0.717) is 6.61 Å². The van der Waals surface area contributed by atoms with Crippen molar-refractivity contribution in [3.05, 3.63) is 12.7 Å². The van der Waals surface area contributed by atoms with Gasteiger partial charge in [0.05, 0.1) is 12.5 Å². The average Bonchev–Trinajstić information content (AvgIpc) is 1.89. The third kappa shape index (κ3) is 1.31. The van der Waals surface area contributed by atoms with Gasteiger partial charge in [-0.25, -0.2) is 0 Å². The summed E-state index contributed by atoms with van der Waals surface area (Å²) in [5, 5.41) is 0. The number of ether oxygens (including phenoxy) is 1. The highest BCUT2D eigenvalue weighted by molar-refractivity contribution is 5.74. The molecule has 0 N–H and O–H groups in total. The molecule has 1 fully saturated rings. The van der Waals surface area contributed by atoms with Crippen LogP contribution in [0, 0.1) is 5.92 Å². The molecule has 0 radical (unpaired) electrons. The van der Waals surface area contributed by atoms with E-state index in [4.69, 9.17) is 4.74 Å². The van der Waals surface area contributed by atoms with E-state index in [1.54, 1.807) is 6.08 Å². The molecular weight excluding hydrogens is 116 g/mol. The number of hydrogen-bond acceptors (Lipinski definition) is 2. The molecule has 1 rings (SSSR count). The first-order chi connectivity index (χ1) is 4.34. The largest absolute Gasteiger partial charge is 0.465 e. The van der Waals surface area contributed by atoms with Crippen LogP contribution in [0.3, 0.4) is 0 Å². The molecule has 9 heavy (non-hydrogen) atoms. The van der Waals surface area contributed by atoms with Crippen molar-refractivity contribution in [2.75, 3.05) is 6.61 Å². The maximum atomic E-state index is 10.7. The average molecular weight is 126 g/mol. The minimum absolute atomic E-state index is 0.0428. The summed E-state index contributed by atoms with van der Waals surface area (Å²) >= 11 is 0. The third-order valence-corrected chi connectivity index (χ3v) is 1.49. The predicted molar refractivity (Wildman–Crippen MR) is 33.9 cm³/mol. The number of cyclic esters (lactones) is 1. The van der Waals surface area contributed by atoms with Gasteiger partial charge < -0.3 is 4.74 Å². The van der Waals surface area contributed by atoms with Crippen LogP contribution < -0.4 is 0 Å². The highest BCUT2D eigenvalue weighted by Gasteiger charge is 2.19. The normalized spacial score (nSPS) is 27.1. The van der Waals surface area contributed by atoms with Crippen molar-refractivity contribution in [2.45, 2.75) is 12.8 Å². The van der Waals surface area contributed by atoms with Crippen LogP contribution in [0.25, 0.3) is 0 Å². The van der Waals surface area contributed by atoms with Crippen molar-refractivity contribution in [3.63, 3.8) is 0 Å². The minimum Gasteiger partial charge on any atom is -0.465 e. The Balaban J connectivity index is 2.48. The zero-order chi connectivity index (χ0) is 6.69. The summed E-state index contributed by atoms with van der Waals surface area (Å²) in [5.74, 6) is -0.157. The van der Waals surface area contributed by atoms with E-state index in [2.05, 4.69) is 6.58 Å². The Labute approximate surface area is 54.5 Å². The van der Waals surface area contributed by atoms with Crippen molar-refractivity contribution >= 4 is 5.97 Å². The zero-order valence-electron chi connectivity index (χ0n) is 5.30. The van der Waals surface area contributed by atoms with E-state index < -0.39 is 0 Å². The number of carbonyl (C=O) groups is 1. The molecule has 2 nitrogen and oxygen atoms in total. The number of esters is 1. The van der Waals surface area contributed by atoms with Crippen LogP contribution in [0.2, 0.25) is 0 Å². The third-order valence-electron chi connectivity index (χ3n) is 1.49. The molecular formula is C7H10O2. The molecule has 0 bridgehead atoms. The van der Waals surface area contributed by atoms with E-state index in [1.165, 1.54) is 0 Å². The minimum atomic E-state index is -0.115. The van der Waals surface area contributed by atoms with E-state index >= 15 is 0 Å². The first-order valence-electron chi connectivity index (χ1n) is 3.14. The van der Waals surface area contributed by atoms with Crippen molar-refractivity contribution in [2.24, 2.45) is 5.92 Å². The second-order valence-corrected chi connectivity index (χ2v) is 2.15. The fourth-order valence-electron chi connectivity index (χ4n) is 0.915. The molecule has 2 heteroatoms. The molecule has 1 aliphatic rings. The molecule has 1 saturated heterocycles. The number of hydrogen-bond donors (Lipinski definition) is 0. The maximum Gasteiger partial charge on any atom is 0.312 e. The summed E-state index contributed by atoms with van der Waals surface area (Å²) in [6, 6.07) is 0. The predicted octanol–water partition coefficient (Wildman–Crippen LogP) is 1.13. The number of rotatable bonds is 1. The molecule has 1 atom stereocenters. The fourth-order valence-corrected chi connectivity index (χ4v) is 0.915. The second kappa shape index (κ2) is 2.67. The SMILES string of the molecule is C=CC1CCCOC1=O. The van der Waals surface area contributed by atoms with E-state index in [9.17, 15) is 4.79 Å². The van der Waals surface area contributed by atoms with Gasteiger partial charge in [-0.15, -0.1) is 6.58 Å². The summed E-state index contributed by atoms with van der Waals surface area (Å²) in [6.07, 6.45) is 3.53. The Hall–Kier alpha value is -0.790. The topological polar surface area (TPSA) is 26.3 Å². The lowest BCUT2D eigenvalue weighted by Crippen LogP contribution is -2.21. The first-order valence-corrected chi connectivity index (χ1v) is 3.14. The molecule has 0 saturated carbocycles. The molecule has 1 aliphatic heterocycles. The van der Waals surface area contributed by atoms with Crippen LogP contribution in [0.15, 0.2) is 12.7 Å². The van der Waals surface area contributed by atoms with E-state index in [0.717, 1.165) is 12.8 Å². The molecule has 0 amide bonds. The maximum absolute atomic E-state index is 10.7. The van der Waals surface area contributed by atoms with Crippen molar-refractivity contribution in [1.29, 1.82) is 0 Å². The van der Waals surface area contributed by atoms with E-state index in [-0.39, 0.29) is 11.9 Å². The molecule has 1 heterocycles. The van der Waals surface area contributed by atoms with Gasteiger partial charge in [0.25, 0.3) is 0 Å². The zero-order valence-corrected chi connectivity index (χ0v) is 5.30. The van der Waals surface area contributed by atoms with Crippen LogP contribution >= 0.6 is 0 Å². The summed E-state index contributed by atoms with van der Waals surface area (Å²) in [4.78, 5) is 10.7. The van der Waals surface area contributed by atoms with Gasteiger partial charge in [0, 0.05) is 0 Å². The van der Waals surface area contributed by atoms with Gasteiger partial charge in [-0.05, 0) is 12.8 Å². The molecule has 0 aromatic carbocycles. The summed E-state index contributed by atoms with van der Waals surface area (Å²) < 4.78 is 4.77. The molecule has 0 aromatic heterocycles. The Kier molecular flexibility index (Phi) is 1.88. The lowest BCUT2D eigenvalue weighted by atomic mass is 10.0. The lowest BCUT2D eigenvalue weighted by molar-refractivity contribution is -0.150. The van der Waals surface area contributed by atoms with Crippen LogP contribution in [-0.4, -0.2) is 12.6 Å². The van der Waals surface area contributed by atoms with Crippen LogP contribution in [0.1, 0.15) is 12.8 Å². The standard InChI is InChI=1S/C7H10O2/c1-2-6-4-3-5-9-7(6)8/h2,6H,1,3-5H2. The molecule has 0 spiro atoms. The van der Waals surface area contributed by atoms with Gasteiger partial charge in [-0.3, -0.25) is 4.79 Å². The van der Waals surface area contributed by atoms with Crippen LogP contribution in [0.4, 0.5) is 0 Å². The second-order valence-electron chi connectivity index (χ2n) is 2.15. The monoisotopic (exact) mass is 126 g/mol. The Morgan fingerprint density at radius 1 is 1.78 bits per heavy atom. The van der Waals surface area contributed by atoms with Crippen LogP contribution in [-0.2, 0) is 9.53 Å². The van der Waals surface area contributed by atoms with Crippen molar-refractivity contribution in [3.8, 4) is 0 Å². The van der Waals surface area contributed by atoms with Gasteiger partial charge in [-0.1, -0.05) is 6.08 Å². The summed E-state index contributed by atoms with van der Waals surface area (Å²) in [7, 11) is 0. The summed E-state index contributed by atoms with van der Waals surface area (Å²) in [5.41, 5.74) is 0. The lowest BCUT2D eigenvalue weighted by Gasteiger charge is -2.16. The Morgan fingerprint density at radius 3 is 3.00 bits per heavy atom. The van der Waals surface area contributed by atoms with Crippen molar-refractivity contribution < 1.29 is 9.53 Å². The van der Waals surface area contributed by atoms with E-state index in [1.807, 2.05) is 0 Å². The fraction of sp³-hybridized carbons (Fsp3) is 0.571. The van der Waals surface area contributed by atoms with Gasteiger partial charge in [0.15, 0.2) is 0 Å². The van der Waals surface area contributed by atoms with Gasteiger partial charge in [0.2, 0.25) is 0 Å². The quantitative estimate of drug-likeness (QED) is 0.389. The van der Waals surface area contributed by atoms with Gasteiger partial charge >= 0.3 is 5.97 Å². The molecule has 0 aliphatic carbocycles. The smallest absolute Gasteiger partial charge is 0.312 e. The van der Waals surface area contributed by atoms with Crippen molar-refractivity contribution in [1.82, 2.24) is 0 Å². The van der Waals surface area contributed by atoms with Gasteiger partial charge in [-0.2, -0.15) is 0 Å². The highest BCUT2D eigenvalue weighted by atomic mass is 16.5. The van der Waals surface area contributed by atoms with Crippen LogP contribution in [0.5, 0.6) is 0 Å². The molecule has 50 valence electrons. The first kappa shape index (κ1) is 6.33. The Bertz CT molecular complexity index is 129. The highest BCUT2D eigenvalue weighted by Crippen LogP contribution is 2.14. The number of carbonyl (C=O) groups excluding carboxylic acids is 1. The van der Waals surface area contributed by atoms with Gasteiger partial charge in [0.1, 0.15) is 0 Å². The molecule has 0 aromatic rings. The Morgan fingerprint density at radius 2 is 2.56 bits per heavy atom. The summed E-state index contributed by atoms with van der Waals surface area (Å²) in [6.45, 7) is 4.12.